The minimum Gasteiger partial charge on any atom is -0.272 e. The van der Waals surface area contributed by atoms with Gasteiger partial charge in [0, 0.05) is 5.56 Å². The quantitative estimate of drug-likeness (QED) is 0.628. The van der Waals surface area contributed by atoms with Gasteiger partial charge in [-0.3, -0.25) is 4.79 Å². The fourth-order valence-corrected chi connectivity index (χ4v) is 1.01. The van der Waals surface area contributed by atoms with Crippen LogP contribution in [0.15, 0.2) is 30.3 Å². The number of hydrogen-bond donors (Lipinski definition) is 0. The first kappa shape index (κ1) is 7.72. The zero-order valence-electron chi connectivity index (χ0n) is 5.56. The third kappa shape index (κ3) is 1.77. The number of benzene rings is 1. The molecule has 0 aliphatic carbocycles. The zero-order chi connectivity index (χ0) is 8.27. The molecule has 0 aromatic heterocycles. The van der Waals surface area contributed by atoms with Crippen LogP contribution in [0.5, 0.6) is 0 Å². The van der Waals surface area contributed by atoms with Crippen LogP contribution in [-0.2, 0) is 10.4 Å². The van der Waals surface area contributed by atoms with E-state index in [4.69, 9.17) is 4.61 Å². The van der Waals surface area contributed by atoms with E-state index in [0.717, 1.165) is 0 Å². The molecule has 56 valence electrons. The Hall–Kier alpha value is -1.38. The average Bonchev–Trinajstić information content (AvgIpc) is 2.05. The van der Waals surface area contributed by atoms with Crippen molar-refractivity contribution in [1.29, 1.82) is 4.61 Å². The van der Waals surface area contributed by atoms with E-state index < -0.39 is 15.5 Å². The molecule has 0 spiro atoms. The van der Waals surface area contributed by atoms with Gasteiger partial charge in [0.15, 0.2) is 0 Å². The number of carbonyl (C=O) groups is 1. The molecule has 0 aliphatic heterocycles. The van der Waals surface area contributed by atoms with Gasteiger partial charge in [-0.2, -0.15) is 4.21 Å². The van der Waals surface area contributed by atoms with E-state index in [0.29, 0.717) is 0 Å². The normalized spacial score (nSPS) is 9.00. The molecule has 0 atom stereocenters. The number of carbonyl (C=O) groups excluding carboxylic acids is 1. The molecular weight excluding hydrogens is 162 g/mol. The molecule has 0 amide bonds. The van der Waals surface area contributed by atoms with Crippen molar-refractivity contribution in [2.24, 2.45) is 0 Å². The van der Waals surface area contributed by atoms with E-state index >= 15 is 0 Å². The van der Waals surface area contributed by atoms with Crippen molar-refractivity contribution >= 4 is 15.5 Å². The molecule has 0 unspecified atom stereocenters. The Kier molecular flexibility index (Phi) is 2.21. The maximum absolute atomic E-state index is 10.8. The molecule has 1 rings (SSSR count). The largest absolute Gasteiger partial charge is 0.298 e. The van der Waals surface area contributed by atoms with Gasteiger partial charge in [-0.1, -0.05) is 30.3 Å². The van der Waals surface area contributed by atoms with Gasteiger partial charge in [0.1, 0.15) is 0 Å². The van der Waals surface area contributed by atoms with Crippen molar-refractivity contribution in [2.75, 3.05) is 0 Å². The molecule has 0 fully saturated rings. The summed E-state index contributed by atoms with van der Waals surface area (Å²) in [5, 5.41) is -0.759. The van der Waals surface area contributed by atoms with Crippen LogP contribution in [-0.4, -0.2) is 9.32 Å². The van der Waals surface area contributed by atoms with Gasteiger partial charge in [0.2, 0.25) is 10.4 Å². The fraction of sp³-hybridized carbons (Fsp3) is 0. The number of nitrogens with zero attached hydrogens (tertiary/aromatic N) is 1. The fourth-order valence-electron chi connectivity index (χ4n) is 0.675. The van der Waals surface area contributed by atoms with Gasteiger partial charge >= 0.3 is 0 Å². The lowest BCUT2D eigenvalue weighted by Gasteiger charge is -1.87. The molecule has 0 saturated carbocycles. The first-order valence-electron chi connectivity index (χ1n) is 2.92. The van der Waals surface area contributed by atoms with Crippen molar-refractivity contribution < 1.29 is 9.00 Å². The number of rotatable bonds is 1. The Bertz CT molecular complexity index is 379. The highest BCUT2D eigenvalue weighted by atomic mass is 32.2. The second-order valence-corrected chi connectivity index (χ2v) is 2.77. The van der Waals surface area contributed by atoms with E-state index in [9.17, 15) is 9.00 Å². The molecule has 0 aliphatic rings. The monoisotopic (exact) mass is 167 g/mol. The van der Waals surface area contributed by atoms with Gasteiger partial charge in [0.25, 0.3) is 5.12 Å². The van der Waals surface area contributed by atoms with Crippen LogP contribution in [0.25, 0.3) is 0 Å². The van der Waals surface area contributed by atoms with Crippen molar-refractivity contribution in [3.05, 3.63) is 35.9 Å². The lowest BCUT2D eigenvalue weighted by atomic mass is 10.2. The highest BCUT2D eigenvalue weighted by molar-refractivity contribution is 7.88. The predicted molar refractivity (Wildman–Crippen MR) is 40.6 cm³/mol. The summed E-state index contributed by atoms with van der Waals surface area (Å²) in [6.07, 6.45) is 0. The molecule has 3 nitrogen and oxygen atoms in total. The van der Waals surface area contributed by atoms with Crippen LogP contribution >= 0.6 is 0 Å². The molecule has 4 heteroatoms. The minimum atomic E-state index is -2.40. The van der Waals surface area contributed by atoms with Crippen LogP contribution < -0.4 is 0 Å². The van der Waals surface area contributed by atoms with Gasteiger partial charge in [0.05, 0.1) is 0 Å². The summed E-state index contributed by atoms with van der Waals surface area (Å²) in [6.45, 7) is 0. The van der Waals surface area contributed by atoms with Crippen LogP contribution in [0.4, 0.5) is 0 Å². The molecule has 1 aromatic rings. The van der Waals surface area contributed by atoms with Crippen molar-refractivity contribution in [3.8, 4) is 0 Å². The minimum absolute atomic E-state index is 0.258. The smallest absolute Gasteiger partial charge is 0.272 e. The third-order valence-corrected chi connectivity index (χ3v) is 1.72. The van der Waals surface area contributed by atoms with Crippen molar-refractivity contribution in [3.63, 3.8) is 0 Å². The highest BCUT2D eigenvalue weighted by Gasteiger charge is 2.05. The standard InChI is InChI=1S/C7H5NO2S/c8-11(10)7(9)6-4-2-1-3-5-6/h1-5H. The number of hydrogen-bond acceptors (Lipinski definition) is 3. The Balaban J connectivity index is 3.07. The summed E-state index contributed by atoms with van der Waals surface area (Å²) < 4.78 is 18.7. The van der Waals surface area contributed by atoms with Gasteiger partial charge in [-0.25, -0.2) is 0 Å². The van der Waals surface area contributed by atoms with Crippen LogP contribution in [0.1, 0.15) is 10.4 Å². The molecule has 0 heterocycles. The third-order valence-electron chi connectivity index (χ3n) is 1.17. The highest BCUT2D eigenvalue weighted by Crippen LogP contribution is 1.98. The van der Waals surface area contributed by atoms with Crippen LogP contribution in [0, 0.1) is 4.61 Å². The summed E-state index contributed by atoms with van der Waals surface area (Å²) in [7, 11) is -2.40. The summed E-state index contributed by atoms with van der Waals surface area (Å²) in [5.74, 6) is 0. The molecule has 0 radical (unpaired) electrons. The summed E-state index contributed by atoms with van der Waals surface area (Å²) >= 11 is 0. The van der Waals surface area contributed by atoms with E-state index in [1.165, 1.54) is 12.1 Å². The second kappa shape index (κ2) is 3.14. The molecule has 1 aromatic carbocycles. The first-order chi connectivity index (χ1) is 5.22. The van der Waals surface area contributed by atoms with Crippen LogP contribution in [0.2, 0.25) is 0 Å². The van der Waals surface area contributed by atoms with Gasteiger partial charge in [-0.05, 0) is 0 Å². The van der Waals surface area contributed by atoms with Crippen molar-refractivity contribution in [2.45, 2.75) is 0 Å². The van der Waals surface area contributed by atoms with E-state index in [1.807, 2.05) is 0 Å². The Morgan fingerprint density at radius 2 is 1.82 bits per heavy atom. The molecular formula is C7H5NO2S. The van der Waals surface area contributed by atoms with Crippen LogP contribution in [0.3, 0.4) is 0 Å². The lowest BCUT2D eigenvalue weighted by molar-refractivity contribution is 0.108. The SMILES string of the molecule is N#S(=O)C(=O)c1ccccc1. The molecule has 11 heavy (non-hydrogen) atoms. The Morgan fingerprint density at radius 1 is 1.27 bits per heavy atom. The second-order valence-electron chi connectivity index (χ2n) is 1.90. The van der Waals surface area contributed by atoms with E-state index in [2.05, 4.69) is 0 Å². The molecule has 0 saturated heterocycles. The summed E-state index contributed by atoms with van der Waals surface area (Å²) in [6, 6.07) is 8.00. The van der Waals surface area contributed by atoms with Gasteiger partial charge < -0.3 is 0 Å². The molecule has 0 bridgehead atoms. The van der Waals surface area contributed by atoms with Crippen molar-refractivity contribution in [1.82, 2.24) is 0 Å². The lowest BCUT2D eigenvalue weighted by Crippen LogP contribution is -1.96. The summed E-state index contributed by atoms with van der Waals surface area (Å²) in [5.41, 5.74) is 0.258. The first-order valence-corrected chi connectivity index (χ1v) is 4.02. The summed E-state index contributed by atoms with van der Waals surface area (Å²) in [4.78, 5) is 10.8. The molecule has 0 N–H and O–H groups in total. The maximum Gasteiger partial charge on any atom is 0.298 e. The Labute approximate surface area is 65.7 Å². The maximum atomic E-state index is 10.8. The Morgan fingerprint density at radius 3 is 2.27 bits per heavy atom. The predicted octanol–water partition coefficient (Wildman–Crippen LogP) is 1.05. The van der Waals surface area contributed by atoms with E-state index in [-0.39, 0.29) is 5.56 Å². The zero-order valence-corrected chi connectivity index (χ0v) is 6.38. The van der Waals surface area contributed by atoms with E-state index in [1.54, 1.807) is 18.2 Å². The topological polar surface area (TPSA) is 57.9 Å². The van der Waals surface area contributed by atoms with Gasteiger partial charge in [-0.15, -0.1) is 4.61 Å². The average molecular weight is 167 g/mol.